The quantitative estimate of drug-likeness (QED) is 0.786. The molecule has 7 nitrogen and oxygen atoms in total. The number of rotatable bonds is 3. The van der Waals surface area contributed by atoms with Crippen LogP contribution >= 0.6 is 0 Å². The van der Waals surface area contributed by atoms with Crippen LogP contribution in [0.15, 0.2) is 0 Å². The molecule has 3 N–H and O–H groups in total. The Bertz CT molecular complexity index is 494. The Labute approximate surface area is 118 Å². The molecule has 3 atom stereocenters. The Hall–Kier alpha value is -1.47. The van der Waals surface area contributed by atoms with Gasteiger partial charge in [0, 0.05) is 33.1 Å². The summed E-state index contributed by atoms with van der Waals surface area (Å²) in [6.07, 6.45) is 1.95. The van der Waals surface area contributed by atoms with E-state index in [-0.39, 0.29) is 12.1 Å². The molecule has 3 rings (SSSR count). The highest BCUT2D eigenvalue weighted by molar-refractivity contribution is 5.32. The number of fused-ring (bicyclic) bond motifs is 1. The largest absolute Gasteiger partial charge is 0.393 e. The molecule has 3 unspecified atom stereocenters. The van der Waals surface area contributed by atoms with Crippen molar-refractivity contribution in [2.24, 2.45) is 11.8 Å². The average molecular weight is 278 g/mol. The van der Waals surface area contributed by atoms with E-state index in [1.54, 1.807) is 0 Å². The van der Waals surface area contributed by atoms with E-state index in [0.29, 0.717) is 30.2 Å². The molecular weight excluding hydrogens is 256 g/mol. The fourth-order valence-corrected chi connectivity index (χ4v) is 3.35. The molecule has 20 heavy (non-hydrogen) atoms. The topological polar surface area (TPSA) is 91.4 Å². The summed E-state index contributed by atoms with van der Waals surface area (Å²) in [4.78, 5) is 16.9. The molecule has 0 amide bonds. The summed E-state index contributed by atoms with van der Waals surface area (Å²) in [5.74, 6) is 2.60. The maximum Gasteiger partial charge on any atom is 0.229 e. The van der Waals surface area contributed by atoms with Gasteiger partial charge in [-0.1, -0.05) is 0 Å². The molecule has 2 aliphatic rings. The van der Waals surface area contributed by atoms with Gasteiger partial charge in [-0.25, -0.2) is 0 Å². The second-order valence-corrected chi connectivity index (χ2v) is 6.07. The number of hydrogen-bond acceptors (Lipinski definition) is 7. The number of aromatic nitrogens is 3. The molecule has 1 aromatic rings. The zero-order chi connectivity index (χ0) is 14.3. The lowest BCUT2D eigenvalue weighted by atomic mass is 10.00. The Morgan fingerprint density at radius 3 is 2.75 bits per heavy atom. The van der Waals surface area contributed by atoms with E-state index in [9.17, 15) is 5.11 Å². The predicted molar refractivity (Wildman–Crippen MR) is 76.1 cm³/mol. The third kappa shape index (κ3) is 2.55. The van der Waals surface area contributed by atoms with E-state index < -0.39 is 0 Å². The molecule has 1 saturated carbocycles. The van der Waals surface area contributed by atoms with Crippen LogP contribution in [-0.2, 0) is 6.54 Å². The highest BCUT2D eigenvalue weighted by atomic mass is 16.3. The molecule has 110 valence electrons. The summed E-state index contributed by atoms with van der Waals surface area (Å²) < 4.78 is 0. The molecule has 0 spiro atoms. The van der Waals surface area contributed by atoms with Gasteiger partial charge in [-0.05, 0) is 18.8 Å². The summed E-state index contributed by atoms with van der Waals surface area (Å²) in [5, 5.41) is 9.95. The second kappa shape index (κ2) is 5.14. The van der Waals surface area contributed by atoms with Gasteiger partial charge in [-0.2, -0.15) is 15.0 Å². The first-order valence-electron chi connectivity index (χ1n) is 7.11. The van der Waals surface area contributed by atoms with Crippen LogP contribution in [0, 0.1) is 11.8 Å². The first kappa shape index (κ1) is 13.5. The Morgan fingerprint density at radius 2 is 2.05 bits per heavy atom. The van der Waals surface area contributed by atoms with Gasteiger partial charge in [0.2, 0.25) is 11.9 Å². The van der Waals surface area contributed by atoms with Crippen LogP contribution in [0.4, 0.5) is 11.9 Å². The van der Waals surface area contributed by atoms with Crippen LogP contribution in [-0.4, -0.2) is 58.2 Å². The van der Waals surface area contributed by atoms with E-state index in [1.165, 1.54) is 0 Å². The second-order valence-electron chi connectivity index (χ2n) is 6.07. The van der Waals surface area contributed by atoms with E-state index in [1.807, 2.05) is 19.0 Å². The smallest absolute Gasteiger partial charge is 0.229 e. The van der Waals surface area contributed by atoms with Gasteiger partial charge in [-0.3, -0.25) is 4.90 Å². The lowest BCUT2D eigenvalue weighted by molar-refractivity contribution is 0.123. The van der Waals surface area contributed by atoms with Crippen LogP contribution in [0.25, 0.3) is 0 Å². The van der Waals surface area contributed by atoms with Gasteiger partial charge in [0.05, 0.1) is 12.6 Å². The maximum absolute atomic E-state index is 9.95. The number of anilines is 2. The number of hydrogen-bond donors (Lipinski definition) is 2. The van der Waals surface area contributed by atoms with Crippen LogP contribution < -0.4 is 10.6 Å². The van der Waals surface area contributed by atoms with Crippen molar-refractivity contribution < 1.29 is 5.11 Å². The molecule has 2 fully saturated rings. The monoisotopic (exact) mass is 278 g/mol. The van der Waals surface area contributed by atoms with Gasteiger partial charge >= 0.3 is 0 Å². The van der Waals surface area contributed by atoms with Crippen molar-refractivity contribution in [2.45, 2.75) is 25.5 Å². The molecule has 2 heterocycles. The number of nitrogens with two attached hydrogens (primary N) is 1. The Morgan fingerprint density at radius 1 is 1.25 bits per heavy atom. The van der Waals surface area contributed by atoms with Crippen molar-refractivity contribution >= 4 is 11.9 Å². The SMILES string of the molecule is CN(C)c1nc(N)nc(CN2CC3CCC(O)C3C2)n1. The Balaban J connectivity index is 1.70. The van der Waals surface area contributed by atoms with Gasteiger partial charge in [0.25, 0.3) is 0 Å². The standard InChI is InChI=1S/C13H22N6O/c1-18(2)13-16-11(15-12(14)17-13)7-19-5-8-3-4-10(20)9(8)6-19/h8-10,20H,3-7H2,1-2H3,(H2,14,15,16,17). The van der Waals surface area contributed by atoms with E-state index in [2.05, 4.69) is 19.9 Å². The summed E-state index contributed by atoms with van der Waals surface area (Å²) in [5.41, 5.74) is 5.74. The van der Waals surface area contributed by atoms with Gasteiger partial charge in [-0.15, -0.1) is 0 Å². The number of aliphatic hydroxyl groups is 1. The van der Waals surface area contributed by atoms with Crippen LogP contribution in [0.1, 0.15) is 18.7 Å². The normalized spacial score (nSPS) is 29.6. The van der Waals surface area contributed by atoms with Crippen LogP contribution in [0.5, 0.6) is 0 Å². The molecule has 1 aliphatic carbocycles. The average Bonchev–Trinajstić information content (AvgIpc) is 2.91. The van der Waals surface area contributed by atoms with Crippen molar-refractivity contribution in [3.63, 3.8) is 0 Å². The summed E-state index contributed by atoms with van der Waals surface area (Å²) in [6, 6.07) is 0. The molecule has 1 saturated heterocycles. The molecule has 0 radical (unpaired) electrons. The molecule has 1 aromatic heterocycles. The van der Waals surface area contributed by atoms with Gasteiger partial charge in [0.15, 0.2) is 0 Å². The van der Waals surface area contributed by atoms with Crippen molar-refractivity contribution in [2.75, 3.05) is 37.8 Å². The highest BCUT2D eigenvalue weighted by Crippen LogP contribution is 2.38. The van der Waals surface area contributed by atoms with Crippen molar-refractivity contribution in [1.82, 2.24) is 19.9 Å². The number of nitrogen functional groups attached to an aromatic ring is 1. The molecular formula is C13H22N6O. The minimum atomic E-state index is -0.134. The predicted octanol–water partition coefficient (Wildman–Crippen LogP) is -0.277. The van der Waals surface area contributed by atoms with E-state index >= 15 is 0 Å². The lowest BCUT2D eigenvalue weighted by Gasteiger charge is -2.18. The first-order chi connectivity index (χ1) is 9.52. The zero-order valence-electron chi connectivity index (χ0n) is 12.0. The zero-order valence-corrected chi connectivity index (χ0v) is 12.0. The molecule has 1 aliphatic heterocycles. The van der Waals surface area contributed by atoms with Crippen molar-refractivity contribution in [1.29, 1.82) is 0 Å². The molecule has 0 bridgehead atoms. The third-order valence-electron chi connectivity index (χ3n) is 4.35. The van der Waals surface area contributed by atoms with Crippen molar-refractivity contribution in [3.05, 3.63) is 5.82 Å². The number of aliphatic hydroxyl groups excluding tert-OH is 1. The maximum atomic E-state index is 9.95. The minimum absolute atomic E-state index is 0.134. The number of likely N-dealkylation sites (tertiary alicyclic amines) is 1. The third-order valence-corrected chi connectivity index (χ3v) is 4.35. The summed E-state index contributed by atoms with van der Waals surface area (Å²) in [6.45, 7) is 2.62. The molecule has 7 heteroatoms. The van der Waals surface area contributed by atoms with Gasteiger partial charge in [0.1, 0.15) is 5.82 Å². The Kier molecular flexibility index (Phi) is 3.47. The summed E-state index contributed by atoms with van der Waals surface area (Å²) >= 11 is 0. The lowest BCUT2D eigenvalue weighted by Crippen LogP contribution is -2.26. The minimum Gasteiger partial charge on any atom is -0.393 e. The van der Waals surface area contributed by atoms with Crippen LogP contribution in [0.3, 0.4) is 0 Å². The van der Waals surface area contributed by atoms with Gasteiger partial charge < -0.3 is 15.7 Å². The fourth-order valence-electron chi connectivity index (χ4n) is 3.35. The summed E-state index contributed by atoms with van der Waals surface area (Å²) in [7, 11) is 3.77. The fraction of sp³-hybridized carbons (Fsp3) is 0.769. The van der Waals surface area contributed by atoms with E-state index in [0.717, 1.165) is 25.9 Å². The highest BCUT2D eigenvalue weighted by Gasteiger charge is 2.41. The van der Waals surface area contributed by atoms with Crippen LogP contribution in [0.2, 0.25) is 0 Å². The van der Waals surface area contributed by atoms with E-state index in [4.69, 9.17) is 5.73 Å². The molecule has 0 aromatic carbocycles. The first-order valence-corrected chi connectivity index (χ1v) is 7.11. The van der Waals surface area contributed by atoms with Crippen molar-refractivity contribution in [3.8, 4) is 0 Å². The number of nitrogens with zero attached hydrogens (tertiary/aromatic N) is 5.